The van der Waals surface area contributed by atoms with Gasteiger partial charge in [0.25, 0.3) is 5.91 Å². The number of nitrogens with two attached hydrogens (primary N) is 1. The molecular formula is C15H16FN3O. The Morgan fingerprint density at radius 2 is 1.95 bits per heavy atom. The van der Waals surface area contributed by atoms with Crippen LogP contribution in [0.5, 0.6) is 0 Å². The fourth-order valence-electron chi connectivity index (χ4n) is 1.82. The Bertz CT molecular complexity index is 628. The van der Waals surface area contributed by atoms with Crippen LogP contribution in [0.2, 0.25) is 0 Å². The van der Waals surface area contributed by atoms with Gasteiger partial charge in [-0.1, -0.05) is 12.1 Å². The first-order valence-corrected chi connectivity index (χ1v) is 6.31. The summed E-state index contributed by atoms with van der Waals surface area (Å²) in [6.07, 6.45) is 0. The highest BCUT2D eigenvalue weighted by Gasteiger charge is 2.12. The summed E-state index contributed by atoms with van der Waals surface area (Å²) in [5.74, 6) is -0.634. The lowest BCUT2D eigenvalue weighted by atomic mass is 10.1. The Balaban J connectivity index is 2.36. The van der Waals surface area contributed by atoms with Crippen LogP contribution in [0.15, 0.2) is 42.5 Å². The van der Waals surface area contributed by atoms with Gasteiger partial charge in [-0.25, -0.2) is 4.39 Å². The van der Waals surface area contributed by atoms with E-state index in [4.69, 9.17) is 5.73 Å². The molecule has 0 radical (unpaired) electrons. The van der Waals surface area contributed by atoms with Crippen LogP contribution in [0.25, 0.3) is 0 Å². The molecule has 0 bridgehead atoms. The zero-order chi connectivity index (χ0) is 14.5. The highest BCUT2D eigenvalue weighted by Crippen LogP contribution is 2.24. The summed E-state index contributed by atoms with van der Waals surface area (Å²) in [7, 11) is 0. The van der Waals surface area contributed by atoms with E-state index in [0.29, 0.717) is 29.2 Å². The lowest BCUT2D eigenvalue weighted by molar-refractivity contribution is 0.0956. The van der Waals surface area contributed by atoms with Crippen molar-refractivity contribution in [2.45, 2.75) is 6.92 Å². The zero-order valence-electron chi connectivity index (χ0n) is 11.1. The Labute approximate surface area is 116 Å². The van der Waals surface area contributed by atoms with E-state index < -0.39 is 0 Å². The maximum atomic E-state index is 13.6. The van der Waals surface area contributed by atoms with Gasteiger partial charge in [-0.15, -0.1) is 0 Å². The Morgan fingerprint density at radius 1 is 1.20 bits per heavy atom. The molecule has 1 amide bonds. The number of amides is 1. The smallest absolute Gasteiger partial charge is 0.253 e. The average molecular weight is 273 g/mol. The molecule has 0 atom stereocenters. The molecule has 2 aromatic carbocycles. The number of halogens is 1. The van der Waals surface area contributed by atoms with Crippen LogP contribution in [0, 0.1) is 5.82 Å². The topological polar surface area (TPSA) is 67.2 Å². The first-order chi connectivity index (χ1) is 9.61. The van der Waals surface area contributed by atoms with Gasteiger partial charge in [0.2, 0.25) is 0 Å². The van der Waals surface area contributed by atoms with Crippen molar-refractivity contribution in [1.29, 1.82) is 0 Å². The molecule has 2 rings (SSSR count). The minimum absolute atomic E-state index is 0.251. The van der Waals surface area contributed by atoms with Crippen LogP contribution in [-0.4, -0.2) is 12.5 Å². The molecule has 0 aromatic heterocycles. The van der Waals surface area contributed by atoms with E-state index in [9.17, 15) is 9.18 Å². The number of carbonyl (C=O) groups excluding carboxylic acids is 1. The lowest BCUT2D eigenvalue weighted by Gasteiger charge is -2.13. The van der Waals surface area contributed by atoms with Gasteiger partial charge in [0.1, 0.15) is 5.82 Å². The Morgan fingerprint density at radius 3 is 2.65 bits per heavy atom. The summed E-state index contributed by atoms with van der Waals surface area (Å²) in [5.41, 5.74) is 7.38. The minimum atomic E-state index is -0.383. The zero-order valence-corrected chi connectivity index (χ0v) is 11.1. The number of nitrogen functional groups attached to an aromatic ring is 1. The maximum absolute atomic E-state index is 13.6. The fraction of sp³-hybridized carbons (Fsp3) is 0.133. The number of hydrogen-bond acceptors (Lipinski definition) is 3. The molecule has 4 N–H and O–H groups in total. The summed E-state index contributed by atoms with van der Waals surface area (Å²) in [6, 6.07) is 11.2. The molecular weight excluding hydrogens is 257 g/mol. The van der Waals surface area contributed by atoms with E-state index in [2.05, 4.69) is 10.6 Å². The minimum Gasteiger partial charge on any atom is -0.399 e. The van der Waals surface area contributed by atoms with Crippen molar-refractivity contribution in [2.24, 2.45) is 0 Å². The lowest BCUT2D eigenvalue weighted by Crippen LogP contribution is -2.23. The first kappa shape index (κ1) is 13.9. The number of hydrogen-bond donors (Lipinski definition) is 3. The van der Waals surface area contributed by atoms with Crippen molar-refractivity contribution >= 4 is 23.0 Å². The number of carbonyl (C=O) groups is 1. The summed E-state index contributed by atoms with van der Waals surface area (Å²) in [5, 5.41) is 5.62. The summed E-state index contributed by atoms with van der Waals surface area (Å²) in [6.45, 7) is 2.33. The molecule has 0 saturated heterocycles. The summed E-state index contributed by atoms with van der Waals surface area (Å²) in [4.78, 5) is 12.0. The highest BCUT2D eigenvalue weighted by molar-refractivity contribution is 6.01. The van der Waals surface area contributed by atoms with Gasteiger partial charge >= 0.3 is 0 Å². The van der Waals surface area contributed by atoms with Gasteiger partial charge < -0.3 is 16.4 Å². The quantitative estimate of drug-likeness (QED) is 0.750. The molecule has 0 aliphatic heterocycles. The Kier molecular flexibility index (Phi) is 4.20. The van der Waals surface area contributed by atoms with Gasteiger partial charge in [-0.05, 0) is 37.3 Å². The fourth-order valence-corrected chi connectivity index (χ4v) is 1.82. The van der Waals surface area contributed by atoms with Crippen LogP contribution < -0.4 is 16.4 Å². The predicted molar refractivity (Wildman–Crippen MR) is 78.5 cm³/mol. The molecule has 2 aromatic rings. The van der Waals surface area contributed by atoms with Crippen LogP contribution in [-0.2, 0) is 0 Å². The second-order valence-electron chi connectivity index (χ2n) is 4.27. The van der Waals surface area contributed by atoms with E-state index in [1.54, 1.807) is 36.4 Å². The van der Waals surface area contributed by atoms with Crippen LogP contribution in [0.4, 0.5) is 21.5 Å². The van der Waals surface area contributed by atoms with Crippen molar-refractivity contribution in [1.82, 2.24) is 5.32 Å². The highest BCUT2D eigenvalue weighted by atomic mass is 19.1. The molecule has 0 heterocycles. The van der Waals surface area contributed by atoms with Crippen molar-refractivity contribution in [2.75, 3.05) is 17.6 Å². The molecule has 5 heteroatoms. The number of rotatable bonds is 4. The van der Waals surface area contributed by atoms with Crippen LogP contribution in [0.3, 0.4) is 0 Å². The SMILES string of the molecule is CCNC(=O)c1cc(N)ccc1Nc1ccccc1F. The third kappa shape index (κ3) is 3.06. The molecule has 0 unspecified atom stereocenters. The van der Waals surface area contributed by atoms with Crippen molar-refractivity contribution in [3.8, 4) is 0 Å². The van der Waals surface area contributed by atoms with E-state index >= 15 is 0 Å². The second-order valence-corrected chi connectivity index (χ2v) is 4.27. The van der Waals surface area contributed by atoms with Crippen molar-refractivity contribution in [3.05, 3.63) is 53.8 Å². The number of para-hydroxylation sites is 1. The largest absolute Gasteiger partial charge is 0.399 e. The average Bonchev–Trinajstić information content (AvgIpc) is 2.43. The molecule has 4 nitrogen and oxygen atoms in total. The van der Waals surface area contributed by atoms with E-state index in [1.165, 1.54) is 6.07 Å². The van der Waals surface area contributed by atoms with E-state index in [0.717, 1.165) is 0 Å². The second kappa shape index (κ2) is 6.06. The maximum Gasteiger partial charge on any atom is 0.253 e. The van der Waals surface area contributed by atoms with Gasteiger partial charge in [0.05, 0.1) is 16.9 Å². The molecule has 0 aliphatic carbocycles. The third-order valence-electron chi connectivity index (χ3n) is 2.77. The summed E-state index contributed by atoms with van der Waals surface area (Å²) >= 11 is 0. The van der Waals surface area contributed by atoms with Gasteiger partial charge in [0.15, 0.2) is 0 Å². The van der Waals surface area contributed by atoms with Gasteiger partial charge in [-0.2, -0.15) is 0 Å². The number of benzene rings is 2. The van der Waals surface area contributed by atoms with E-state index in [1.807, 2.05) is 6.92 Å². The van der Waals surface area contributed by atoms with Crippen LogP contribution >= 0.6 is 0 Å². The molecule has 0 saturated carbocycles. The van der Waals surface area contributed by atoms with Crippen LogP contribution in [0.1, 0.15) is 17.3 Å². The van der Waals surface area contributed by atoms with Gasteiger partial charge in [0, 0.05) is 12.2 Å². The predicted octanol–water partition coefficient (Wildman–Crippen LogP) is 2.90. The molecule has 104 valence electrons. The normalized spacial score (nSPS) is 10.1. The van der Waals surface area contributed by atoms with Gasteiger partial charge in [-0.3, -0.25) is 4.79 Å². The third-order valence-corrected chi connectivity index (χ3v) is 2.77. The molecule has 0 fully saturated rings. The summed E-state index contributed by atoms with van der Waals surface area (Å²) < 4.78 is 13.6. The Hall–Kier alpha value is -2.56. The molecule has 0 spiro atoms. The van der Waals surface area contributed by atoms with Crippen molar-refractivity contribution < 1.29 is 9.18 Å². The first-order valence-electron chi connectivity index (χ1n) is 6.31. The van der Waals surface area contributed by atoms with E-state index in [-0.39, 0.29) is 11.7 Å². The number of nitrogens with one attached hydrogen (secondary N) is 2. The molecule has 20 heavy (non-hydrogen) atoms. The monoisotopic (exact) mass is 273 g/mol. The molecule has 0 aliphatic rings. The number of anilines is 3. The van der Waals surface area contributed by atoms with Crippen molar-refractivity contribution in [3.63, 3.8) is 0 Å². The standard InChI is InChI=1S/C15H16FN3O/c1-2-18-15(20)11-9-10(17)7-8-13(11)19-14-6-4-3-5-12(14)16/h3-9,19H,2,17H2,1H3,(H,18,20).